The lowest BCUT2D eigenvalue weighted by Gasteiger charge is -2.22. The van der Waals surface area contributed by atoms with Crippen molar-refractivity contribution in [1.29, 1.82) is 0 Å². The Bertz CT molecular complexity index is 688. The van der Waals surface area contributed by atoms with Crippen LogP contribution in [0.15, 0.2) is 16.8 Å². The molecule has 2 aromatic heterocycles. The zero-order chi connectivity index (χ0) is 17.1. The fraction of sp³-hybridized carbons (Fsp3) is 0.556. The number of aryl methyl sites for hydroxylation is 1. The maximum Gasteiger partial charge on any atom is 0.317 e. The predicted molar refractivity (Wildman–Crippen MR) is 101 cm³/mol. The van der Waals surface area contributed by atoms with Gasteiger partial charge in [-0.2, -0.15) is 0 Å². The minimum atomic E-state index is 0.0598. The number of hydrogen-bond acceptors (Lipinski definition) is 4. The first kappa shape index (κ1) is 17.4. The van der Waals surface area contributed by atoms with E-state index in [9.17, 15) is 4.79 Å². The largest absolute Gasteiger partial charge is 0.338 e. The summed E-state index contributed by atoms with van der Waals surface area (Å²) in [6, 6.07) is 2.60. The Hall–Kier alpha value is -1.40. The molecule has 0 spiro atoms. The Balaban J connectivity index is 1.51. The Morgan fingerprint density at radius 3 is 2.79 bits per heavy atom. The van der Waals surface area contributed by atoms with Gasteiger partial charge in [0.25, 0.3) is 0 Å². The van der Waals surface area contributed by atoms with Gasteiger partial charge in [-0.1, -0.05) is 13.8 Å². The second kappa shape index (κ2) is 7.66. The summed E-state index contributed by atoms with van der Waals surface area (Å²) < 4.78 is 0. The summed E-state index contributed by atoms with van der Waals surface area (Å²) in [6.07, 6.45) is 3.05. The second-order valence-electron chi connectivity index (χ2n) is 6.70. The monoisotopic (exact) mass is 363 g/mol. The summed E-state index contributed by atoms with van der Waals surface area (Å²) in [5.41, 5.74) is 2.36. The molecule has 0 aliphatic heterocycles. The molecular formula is C18H25N3OS2. The van der Waals surface area contributed by atoms with E-state index < -0.39 is 0 Å². The smallest absolute Gasteiger partial charge is 0.317 e. The highest BCUT2D eigenvalue weighted by Gasteiger charge is 2.32. The molecule has 4 nitrogen and oxygen atoms in total. The molecule has 1 N–H and O–H groups in total. The van der Waals surface area contributed by atoms with Crippen molar-refractivity contribution >= 4 is 28.7 Å². The number of hydrogen-bond donors (Lipinski definition) is 1. The van der Waals surface area contributed by atoms with Crippen LogP contribution in [0.25, 0.3) is 0 Å². The van der Waals surface area contributed by atoms with Gasteiger partial charge in [-0.3, -0.25) is 0 Å². The molecule has 6 heteroatoms. The summed E-state index contributed by atoms with van der Waals surface area (Å²) >= 11 is 3.45. The van der Waals surface area contributed by atoms with Crippen LogP contribution >= 0.6 is 22.7 Å². The molecule has 0 aromatic carbocycles. The van der Waals surface area contributed by atoms with Crippen LogP contribution in [0.5, 0.6) is 0 Å². The topological polar surface area (TPSA) is 45.2 Å². The molecule has 0 saturated heterocycles. The summed E-state index contributed by atoms with van der Waals surface area (Å²) in [4.78, 5) is 20.5. The van der Waals surface area contributed by atoms with Gasteiger partial charge >= 0.3 is 6.03 Å². The van der Waals surface area contributed by atoms with E-state index in [0.29, 0.717) is 18.5 Å². The van der Waals surface area contributed by atoms with Gasteiger partial charge in [0.05, 0.1) is 17.2 Å². The lowest BCUT2D eigenvalue weighted by atomic mass is 10.2. The zero-order valence-corrected chi connectivity index (χ0v) is 16.2. The first-order valence-corrected chi connectivity index (χ1v) is 10.3. The SMILES string of the molecule is Cc1ccsc1CN(C(=O)NCCc1csc(C(C)C)n1)C1CC1. The van der Waals surface area contributed by atoms with Crippen molar-refractivity contribution in [2.45, 2.75) is 58.5 Å². The number of aromatic nitrogens is 1. The lowest BCUT2D eigenvalue weighted by Crippen LogP contribution is -2.41. The molecule has 24 heavy (non-hydrogen) atoms. The van der Waals surface area contributed by atoms with Crippen molar-refractivity contribution in [3.8, 4) is 0 Å². The van der Waals surface area contributed by atoms with Crippen LogP contribution in [0.2, 0.25) is 0 Å². The molecule has 0 radical (unpaired) electrons. The van der Waals surface area contributed by atoms with Gasteiger partial charge in [-0.25, -0.2) is 9.78 Å². The number of amides is 2. The van der Waals surface area contributed by atoms with Crippen LogP contribution in [0.3, 0.4) is 0 Å². The standard InChI is InChI=1S/C18H25N3OS2/c1-12(2)17-20-14(11-24-17)6-8-19-18(22)21(15-4-5-15)10-16-13(3)7-9-23-16/h7,9,11-12,15H,4-6,8,10H2,1-3H3,(H,19,22). The van der Waals surface area contributed by atoms with Crippen molar-refractivity contribution in [3.05, 3.63) is 38.0 Å². The maximum absolute atomic E-state index is 12.6. The molecule has 2 aromatic rings. The Morgan fingerprint density at radius 1 is 1.42 bits per heavy atom. The van der Waals surface area contributed by atoms with Gasteiger partial charge in [-0.15, -0.1) is 22.7 Å². The summed E-state index contributed by atoms with van der Waals surface area (Å²) in [7, 11) is 0. The van der Waals surface area contributed by atoms with Crippen molar-refractivity contribution in [2.75, 3.05) is 6.54 Å². The quantitative estimate of drug-likeness (QED) is 0.784. The number of thiazole rings is 1. The highest BCUT2D eigenvalue weighted by atomic mass is 32.1. The van der Waals surface area contributed by atoms with E-state index in [1.165, 1.54) is 15.4 Å². The number of nitrogens with zero attached hydrogens (tertiary/aromatic N) is 2. The first-order valence-electron chi connectivity index (χ1n) is 8.56. The summed E-state index contributed by atoms with van der Waals surface area (Å²) in [5, 5.41) is 8.46. The van der Waals surface area contributed by atoms with Gasteiger partial charge < -0.3 is 10.2 Å². The second-order valence-corrected chi connectivity index (χ2v) is 8.59. The number of rotatable bonds is 7. The Morgan fingerprint density at radius 2 is 2.21 bits per heavy atom. The number of carbonyl (C=O) groups is 1. The average molecular weight is 364 g/mol. The van der Waals surface area contributed by atoms with E-state index >= 15 is 0 Å². The first-order chi connectivity index (χ1) is 11.5. The van der Waals surface area contributed by atoms with Crippen LogP contribution in [0, 0.1) is 6.92 Å². The molecule has 1 saturated carbocycles. The molecular weight excluding hydrogens is 338 g/mol. The number of urea groups is 1. The van der Waals surface area contributed by atoms with E-state index in [1.54, 1.807) is 22.7 Å². The van der Waals surface area contributed by atoms with Crippen LogP contribution < -0.4 is 5.32 Å². The third kappa shape index (κ3) is 4.36. The normalized spacial score (nSPS) is 14.2. The fourth-order valence-electron chi connectivity index (χ4n) is 2.58. The number of thiophene rings is 1. The van der Waals surface area contributed by atoms with Gasteiger partial charge in [0, 0.05) is 35.2 Å². The predicted octanol–water partition coefficient (Wildman–Crippen LogP) is 4.55. The number of carbonyl (C=O) groups excluding carboxylic acids is 1. The summed E-state index contributed by atoms with van der Waals surface area (Å²) in [5.74, 6) is 0.470. The van der Waals surface area contributed by atoms with Crippen molar-refractivity contribution in [3.63, 3.8) is 0 Å². The molecule has 2 amide bonds. The van der Waals surface area contributed by atoms with Gasteiger partial charge in [0.15, 0.2) is 0 Å². The average Bonchev–Trinajstić information content (AvgIpc) is 3.12. The van der Waals surface area contributed by atoms with Crippen LogP contribution in [0.1, 0.15) is 53.7 Å². The Kier molecular flexibility index (Phi) is 5.56. The lowest BCUT2D eigenvalue weighted by molar-refractivity contribution is 0.192. The van der Waals surface area contributed by atoms with Gasteiger partial charge in [0.2, 0.25) is 0 Å². The molecule has 0 bridgehead atoms. The van der Waals surface area contributed by atoms with E-state index in [0.717, 1.165) is 31.5 Å². The van der Waals surface area contributed by atoms with Crippen molar-refractivity contribution < 1.29 is 4.79 Å². The molecule has 1 fully saturated rings. The molecule has 2 heterocycles. The molecule has 3 rings (SSSR count). The highest BCUT2D eigenvalue weighted by molar-refractivity contribution is 7.10. The summed E-state index contributed by atoms with van der Waals surface area (Å²) in [6.45, 7) is 7.80. The zero-order valence-electron chi connectivity index (χ0n) is 14.5. The van der Waals surface area contributed by atoms with Crippen LogP contribution in [-0.4, -0.2) is 28.5 Å². The van der Waals surface area contributed by atoms with Crippen LogP contribution in [0.4, 0.5) is 4.79 Å². The minimum absolute atomic E-state index is 0.0598. The number of nitrogens with one attached hydrogen (secondary N) is 1. The molecule has 0 atom stereocenters. The maximum atomic E-state index is 12.6. The Labute approximate surface area is 151 Å². The third-order valence-electron chi connectivity index (χ3n) is 4.25. The van der Waals surface area contributed by atoms with Crippen molar-refractivity contribution in [1.82, 2.24) is 15.2 Å². The molecule has 1 aliphatic rings. The molecule has 130 valence electrons. The van der Waals surface area contributed by atoms with Gasteiger partial charge in [-0.05, 0) is 36.8 Å². The minimum Gasteiger partial charge on any atom is -0.338 e. The molecule has 1 aliphatic carbocycles. The van der Waals surface area contributed by atoms with Crippen molar-refractivity contribution in [2.24, 2.45) is 0 Å². The van der Waals surface area contributed by atoms with E-state index in [2.05, 4.69) is 47.9 Å². The van der Waals surface area contributed by atoms with E-state index in [1.807, 2.05) is 4.90 Å². The van der Waals surface area contributed by atoms with E-state index in [4.69, 9.17) is 0 Å². The third-order valence-corrected chi connectivity index (χ3v) is 6.45. The van der Waals surface area contributed by atoms with E-state index in [-0.39, 0.29) is 6.03 Å². The van der Waals surface area contributed by atoms with Crippen LogP contribution in [-0.2, 0) is 13.0 Å². The molecule has 0 unspecified atom stereocenters. The van der Waals surface area contributed by atoms with Gasteiger partial charge in [0.1, 0.15) is 0 Å². The highest BCUT2D eigenvalue weighted by Crippen LogP contribution is 2.30. The fourth-order valence-corrected chi connectivity index (χ4v) is 4.35.